The quantitative estimate of drug-likeness (QED) is 0.560. The Morgan fingerprint density at radius 3 is 2.67 bits per heavy atom. The minimum Gasteiger partial charge on any atom is -0.434 e. The molecule has 10 heteroatoms. The van der Waals surface area contributed by atoms with Crippen LogP contribution in [0.5, 0.6) is 0 Å². The number of para-hydroxylation sites is 1. The molecule has 0 fully saturated rings. The number of pyridine rings is 1. The molecule has 0 aliphatic carbocycles. The normalized spacial score (nSPS) is 11.8. The Morgan fingerprint density at radius 2 is 1.96 bits per heavy atom. The fourth-order valence-corrected chi connectivity index (χ4v) is 4.59. The number of sulfonamides is 1. The van der Waals surface area contributed by atoms with E-state index in [1.807, 2.05) is 0 Å². The van der Waals surface area contributed by atoms with Crippen LogP contribution in [0.4, 0.5) is 5.69 Å². The minimum atomic E-state index is -3.96. The number of benzene rings is 1. The number of fused-ring (bicyclic) bond motifs is 1. The van der Waals surface area contributed by atoms with Gasteiger partial charge >= 0.3 is 0 Å². The molecule has 4 aromatic rings. The summed E-state index contributed by atoms with van der Waals surface area (Å²) in [5.74, 6) is 0.260. The Bertz CT molecular complexity index is 1230. The van der Waals surface area contributed by atoms with Crippen LogP contribution in [0.1, 0.15) is 5.69 Å². The molecule has 1 N–H and O–H groups in total. The molecular formula is C17H14ClN5O3S. The predicted molar refractivity (Wildman–Crippen MR) is 101 cm³/mol. The highest BCUT2D eigenvalue weighted by Gasteiger charge is 2.26. The number of oxazole rings is 1. The third-order valence-corrected chi connectivity index (χ3v) is 6.00. The number of nitrogens with one attached hydrogen (secondary N) is 1. The van der Waals surface area contributed by atoms with Crippen LogP contribution in [0.2, 0.25) is 5.15 Å². The van der Waals surface area contributed by atoms with E-state index in [0.29, 0.717) is 28.2 Å². The van der Waals surface area contributed by atoms with E-state index >= 15 is 0 Å². The second-order valence-corrected chi connectivity index (χ2v) is 7.80. The Kier molecular flexibility index (Phi) is 4.12. The number of nitrogens with zero attached hydrogens (tertiary/aromatic N) is 4. The van der Waals surface area contributed by atoms with Crippen LogP contribution < -0.4 is 4.72 Å². The fourth-order valence-electron chi connectivity index (χ4n) is 2.75. The summed E-state index contributed by atoms with van der Waals surface area (Å²) in [6.45, 7) is 1.58. The molecular weight excluding hydrogens is 390 g/mol. The maximum absolute atomic E-state index is 12.9. The van der Waals surface area contributed by atoms with Crippen LogP contribution in [0.3, 0.4) is 0 Å². The molecule has 0 radical (unpaired) electrons. The van der Waals surface area contributed by atoms with Crippen molar-refractivity contribution < 1.29 is 12.8 Å². The van der Waals surface area contributed by atoms with Crippen molar-refractivity contribution >= 4 is 38.5 Å². The van der Waals surface area contributed by atoms with E-state index in [0.717, 1.165) is 0 Å². The van der Waals surface area contributed by atoms with Gasteiger partial charge in [0, 0.05) is 13.2 Å². The zero-order valence-electron chi connectivity index (χ0n) is 14.3. The second-order valence-electron chi connectivity index (χ2n) is 5.82. The van der Waals surface area contributed by atoms with Gasteiger partial charge in [-0.05, 0) is 31.2 Å². The molecule has 1 aromatic carbocycles. The summed E-state index contributed by atoms with van der Waals surface area (Å²) < 4.78 is 35.4. The molecule has 0 amide bonds. The second kappa shape index (κ2) is 6.36. The molecule has 3 heterocycles. The first kappa shape index (κ1) is 17.5. The van der Waals surface area contributed by atoms with Crippen LogP contribution in [-0.4, -0.2) is 28.2 Å². The molecule has 3 aromatic heterocycles. The summed E-state index contributed by atoms with van der Waals surface area (Å²) in [6.07, 6.45) is 1.61. The number of hydrogen-bond acceptors (Lipinski definition) is 6. The molecule has 8 nitrogen and oxygen atoms in total. The third kappa shape index (κ3) is 3.04. The molecule has 0 saturated carbocycles. The largest absolute Gasteiger partial charge is 0.434 e. The first-order chi connectivity index (χ1) is 12.9. The zero-order valence-corrected chi connectivity index (χ0v) is 15.9. The van der Waals surface area contributed by atoms with Crippen molar-refractivity contribution in [1.29, 1.82) is 0 Å². The van der Waals surface area contributed by atoms with Crippen LogP contribution >= 0.6 is 11.6 Å². The monoisotopic (exact) mass is 403 g/mol. The van der Waals surface area contributed by atoms with Crippen molar-refractivity contribution in [2.24, 2.45) is 7.05 Å². The van der Waals surface area contributed by atoms with E-state index in [-0.39, 0.29) is 15.9 Å². The van der Waals surface area contributed by atoms with Crippen molar-refractivity contribution in [2.75, 3.05) is 4.72 Å². The van der Waals surface area contributed by atoms with Gasteiger partial charge in [-0.2, -0.15) is 10.1 Å². The van der Waals surface area contributed by atoms with Crippen LogP contribution in [0.25, 0.3) is 22.7 Å². The summed E-state index contributed by atoms with van der Waals surface area (Å²) in [6, 6.07) is 10.3. The van der Waals surface area contributed by atoms with Gasteiger partial charge in [0.05, 0.1) is 16.9 Å². The lowest BCUT2D eigenvalue weighted by Gasteiger charge is -2.10. The Morgan fingerprint density at radius 1 is 1.19 bits per heavy atom. The van der Waals surface area contributed by atoms with E-state index < -0.39 is 10.0 Å². The molecule has 0 spiro atoms. The molecule has 0 unspecified atom stereocenters. The van der Waals surface area contributed by atoms with Crippen molar-refractivity contribution in [2.45, 2.75) is 11.8 Å². The van der Waals surface area contributed by atoms with Crippen molar-refractivity contribution in [1.82, 2.24) is 19.7 Å². The summed E-state index contributed by atoms with van der Waals surface area (Å²) in [5.41, 5.74) is 2.05. The van der Waals surface area contributed by atoms with Crippen molar-refractivity contribution in [3.8, 4) is 11.5 Å². The minimum absolute atomic E-state index is 0.0311. The number of rotatable bonds is 4. The topological polar surface area (TPSA) is 103 Å². The highest BCUT2D eigenvalue weighted by molar-refractivity contribution is 7.93. The number of aryl methyl sites for hydroxylation is 2. The SMILES string of the molecule is Cc1nn(C)c(Cl)c1S(=O)(=O)Nc1ccccc1-c1nc2ncccc2o1. The van der Waals surface area contributed by atoms with Gasteiger partial charge in [-0.15, -0.1) is 0 Å². The number of halogens is 1. The van der Waals surface area contributed by atoms with E-state index in [1.165, 1.54) is 4.68 Å². The van der Waals surface area contributed by atoms with Crippen LogP contribution in [0.15, 0.2) is 51.9 Å². The van der Waals surface area contributed by atoms with Crippen molar-refractivity contribution in [3.05, 3.63) is 53.4 Å². The molecule has 27 heavy (non-hydrogen) atoms. The van der Waals surface area contributed by atoms with Gasteiger partial charge in [0.15, 0.2) is 11.2 Å². The maximum Gasteiger partial charge on any atom is 0.266 e. The predicted octanol–water partition coefficient (Wildman–Crippen LogP) is 3.39. The lowest BCUT2D eigenvalue weighted by atomic mass is 10.2. The maximum atomic E-state index is 12.9. The summed E-state index contributed by atoms with van der Waals surface area (Å²) in [4.78, 5) is 8.39. The molecule has 0 aliphatic heterocycles. The van der Waals surface area contributed by atoms with Gasteiger partial charge in [0.2, 0.25) is 5.89 Å². The van der Waals surface area contributed by atoms with Crippen LogP contribution in [-0.2, 0) is 17.1 Å². The fraction of sp³-hybridized carbons (Fsp3) is 0.118. The average Bonchev–Trinajstić information content (AvgIpc) is 3.16. The number of anilines is 1. The van der Waals surface area contributed by atoms with Crippen LogP contribution in [0, 0.1) is 6.92 Å². The molecule has 0 aliphatic rings. The molecule has 0 saturated heterocycles. The summed E-state index contributed by atoms with van der Waals surface area (Å²) in [5, 5.41) is 4.09. The standard InChI is InChI=1S/C17H14ClN5O3S/c1-10-14(15(18)23(2)21-10)27(24,25)22-12-7-4-3-6-11(12)17-20-16-13(26-17)8-5-9-19-16/h3-9,22H,1-2H3. The molecule has 138 valence electrons. The third-order valence-electron chi connectivity index (χ3n) is 3.94. The average molecular weight is 404 g/mol. The summed E-state index contributed by atoms with van der Waals surface area (Å²) in [7, 11) is -2.39. The highest BCUT2D eigenvalue weighted by atomic mass is 35.5. The Hall–Kier alpha value is -2.91. The Balaban J connectivity index is 1.79. The molecule has 4 rings (SSSR count). The van der Waals surface area contributed by atoms with Gasteiger partial charge in [-0.3, -0.25) is 9.40 Å². The highest BCUT2D eigenvalue weighted by Crippen LogP contribution is 2.32. The Labute approximate surface area is 159 Å². The van der Waals surface area contributed by atoms with E-state index in [2.05, 4.69) is 19.8 Å². The van der Waals surface area contributed by atoms with Gasteiger partial charge in [-0.25, -0.2) is 13.4 Å². The van der Waals surface area contributed by atoms with Gasteiger partial charge < -0.3 is 4.42 Å². The lowest BCUT2D eigenvalue weighted by Crippen LogP contribution is -2.14. The van der Waals surface area contributed by atoms with E-state index in [4.69, 9.17) is 16.0 Å². The van der Waals surface area contributed by atoms with E-state index in [1.54, 1.807) is 56.6 Å². The zero-order chi connectivity index (χ0) is 19.2. The first-order valence-electron chi connectivity index (χ1n) is 7.89. The van der Waals surface area contributed by atoms with Gasteiger partial charge in [-0.1, -0.05) is 23.7 Å². The number of hydrogen-bond donors (Lipinski definition) is 1. The van der Waals surface area contributed by atoms with Gasteiger partial charge in [0.1, 0.15) is 10.0 Å². The smallest absolute Gasteiger partial charge is 0.266 e. The molecule has 0 atom stereocenters. The number of aromatic nitrogens is 4. The van der Waals surface area contributed by atoms with Gasteiger partial charge in [0.25, 0.3) is 10.0 Å². The first-order valence-corrected chi connectivity index (χ1v) is 9.76. The molecule has 0 bridgehead atoms. The lowest BCUT2D eigenvalue weighted by molar-refractivity contribution is 0.600. The van der Waals surface area contributed by atoms with E-state index in [9.17, 15) is 8.42 Å². The van der Waals surface area contributed by atoms with Crippen molar-refractivity contribution in [3.63, 3.8) is 0 Å². The summed E-state index contributed by atoms with van der Waals surface area (Å²) >= 11 is 6.12.